The van der Waals surface area contributed by atoms with Crippen LogP contribution in [0.2, 0.25) is 0 Å². The fraction of sp³-hybridized carbons (Fsp3) is 0.379. The van der Waals surface area contributed by atoms with Gasteiger partial charge in [0.15, 0.2) is 17.2 Å². The van der Waals surface area contributed by atoms with E-state index in [2.05, 4.69) is 31.2 Å². The summed E-state index contributed by atoms with van der Waals surface area (Å²) in [4.78, 5) is 28.8. The van der Waals surface area contributed by atoms with Gasteiger partial charge in [-0.3, -0.25) is 9.59 Å². The molecule has 0 fully saturated rings. The lowest BCUT2D eigenvalue weighted by molar-refractivity contribution is 0.0579. The van der Waals surface area contributed by atoms with Crippen molar-refractivity contribution in [2.75, 3.05) is 40.5 Å². The Kier molecular flexibility index (Phi) is 8.44. The number of carbonyl (C=O) groups is 1. The zero-order valence-electron chi connectivity index (χ0n) is 21.2. The molecule has 0 saturated carbocycles. The van der Waals surface area contributed by atoms with Gasteiger partial charge in [-0.25, -0.2) is 0 Å². The van der Waals surface area contributed by atoms with Crippen LogP contribution in [0.3, 0.4) is 0 Å². The number of aromatic nitrogens is 1. The van der Waals surface area contributed by atoms with Gasteiger partial charge in [-0.15, -0.1) is 0 Å². The summed E-state index contributed by atoms with van der Waals surface area (Å²) in [5, 5.41) is 0. The van der Waals surface area contributed by atoms with Gasteiger partial charge in [0.25, 0.3) is 11.3 Å². The van der Waals surface area contributed by atoms with Crippen molar-refractivity contribution in [1.82, 2.24) is 9.47 Å². The molecule has 1 aromatic heterocycles. The Morgan fingerprint density at radius 1 is 0.944 bits per heavy atom. The van der Waals surface area contributed by atoms with Crippen molar-refractivity contribution in [3.05, 3.63) is 93.9 Å². The molecule has 190 valence electrons. The highest BCUT2D eigenvalue weighted by atomic mass is 16.5. The maximum absolute atomic E-state index is 13.8. The fourth-order valence-electron chi connectivity index (χ4n) is 4.82. The summed E-state index contributed by atoms with van der Waals surface area (Å²) < 4.78 is 18.7. The molecule has 0 radical (unpaired) electrons. The van der Waals surface area contributed by atoms with Gasteiger partial charge >= 0.3 is 0 Å². The Bertz CT molecular complexity index is 1170. The van der Waals surface area contributed by atoms with E-state index in [0.29, 0.717) is 26.3 Å². The average Bonchev–Trinajstić information content (AvgIpc) is 2.91. The van der Waals surface area contributed by atoms with E-state index >= 15 is 0 Å². The first-order valence-electron chi connectivity index (χ1n) is 12.4. The standard InChI is InChI=1S/C29H34N2O5/c1-4-5-17-36-28-26-29(33)30(16-18-34-2)19-23(31(26)20-24(35-3)27(28)32)25(21-12-8-6-9-13-21)22-14-10-7-11-15-22/h6-15,20,23,25H,4-5,16-19H2,1-3H3/t23-/m1/s1. The summed E-state index contributed by atoms with van der Waals surface area (Å²) in [6.45, 7) is 3.66. The van der Waals surface area contributed by atoms with Crippen molar-refractivity contribution < 1.29 is 19.0 Å². The molecule has 7 heteroatoms. The molecule has 0 aliphatic carbocycles. The van der Waals surface area contributed by atoms with E-state index < -0.39 is 5.43 Å². The minimum Gasteiger partial charge on any atom is -0.491 e. The maximum atomic E-state index is 13.8. The van der Waals surface area contributed by atoms with Crippen molar-refractivity contribution in [2.24, 2.45) is 0 Å². The van der Waals surface area contributed by atoms with Crippen LogP contribution in [-0.4, -0.2) is 55.9 Å². The van der Waals surface area contributed by atoms with Gasteiger partial charge in [0.1, 0.15) is 0 Å². The number of hydrogen-bond donors (Lipinski definition) is 0. The van der Waals surface area contributed by atoms with Gasteiger partial charge in [-0.2, -0.15) is 0 Å². The van der Waals surface area contributed by atoms with Crippen molar-refractivity contribution in [3.8, 4) is 11.5 Å². The van der Waals surface area contributed by atoms with Crippen LogP contribution in [0, 0.1) is 0 Å². The van der Waals surface area contributed by atoms with E-state index in [4.69, 9.17) is 14.2 Å². The third-order valence-corrected chi connectivity index (χ3v) is 6.65. The van der Waals surface area contributed by atoms with Crippen LogP contribution in [0.5, 0.6) is 11.5 Å². The highest BCUT2D eigenvalue weighted by Gasteiger charge is 2.39. The largest absolute Gasteiger partial charge is 0.491 e. The van der Waals surface area contributed by atoms with Gasteiger partial charge < -0.3 is 23.7 Å². The summed E-state index contributed by atoms with van der Waals surface area (Å²) in [7, 11) is 3.08. The summed E-state index contributed by atoms with van der Waals surface area (Å²) in [6.07, 6.45) is 3.35. The minimum atomic E-state index is -0.406. The molecule has 0 spiro atoms. The second kappa shape index (κ2) is 11.9. The van der Waals surface area contributed by atoms with Crippen LogP contribution in [0.15, 0.2) is 71.7 Å². The van der Waals surface area contributed by atoms with E-state index in [1.54, 1.807) is 18.2 Å². The van der Waals surface area contributed by atoms with Crippen LogP contribution in [0.25, 0.3) is 0 Å². The smallest absolute Gasteiger partial charge is 0.274 e. The molecule has 1 atom stereocenters. The summed E-state index contributed by atoms with van der Waals surface area (Å²) in [5.74, 6) is -0.109. The summed E-state index contributed by atoms with van der Waals surface area (Å²) >= 11 is 0. The van der Waals surface area contributed by atoms with Crippen LogP contribution in [0.4, 0.5) is 0 Å². The monoisotopic (exact) mass is 490 g/mol. The number of methoxy groups -OCH3 is 2. The lowest BCUT2D eigenvalue weighted by Gasteiger charge is -2.40. The third-order valence-electron chi connectivity index (χ3n) is 6.65. The van der Waals surface area contributed by atoms with Crippen molar-refractivity contribution in [1.29, 1.82) is 0 Å². The molecule has 1 aliphatic rings. The quantitative estimate of drug-likeness (QED) is 0.370. The Balaban J connectivity index is 1.94. The second-order valence-corrected chi connectivity index (χ2v) is 8.92. The fourth-order valence-corrected chi connectivity index (χ4v) is 4.82. The van der Waals surface area contributed by atoms with Crippen molar-refractivity contribution >= 4 is 5.91 Å². The molecule has 7 nitrogen and oxygen atoms in total. The van der Waals surface area contributed by atoms with Crippen molar-refractivity contribution in [3.63, 3.8) is 0 Å². The molecule has 1 aliphatic heterocycles. The first-order valence-corrected chi connectivity index (χ1v) is 12.4. The number of benzene rings is 2. The normalized spacial score (nSPS) is 15.2. The molecule has 36 heavy (non-hydrogen) atoms. The molecule has 0 N–H and O–H groups in total. The molecule has 4 rings (SSSR count). The Labute approximate surface area is 212 Å². The van der Waals surface area contributed by atoms with Crippen LogP contribution < -0.4 is 14.9 Å². The molecule has 0 unspecified atom stereocenters. The van der Waals surface area contributed by atoms with E-state index in [-0.39, 0.29) is 35.1 Å². The topological polar surface area (TPSA) is 70.0 Å². The van der Waals surface area contributed by atoms with E-state index in [9.17, 15) is 9.59 Å². The molecule has 0 bridgehead atoms. The summed E-state index contributed by atoms with van der Waals surface area (Å²) in [5.41, 5.74) is 2.09. The number of nitrogens with zero attached hydrogens (tertiary/aromatic N) is 2. The highest BCUT2D eigenvalue weighted by molar-refractivity contribution is 5.96. The average molecular weight is 491 g/mol. The molecular formula is C29H34N2O5. The number of carbonyl (C=O) groups excluding carboxylic acids is 1. The van der Waals surface area contributed by atoms with E-state index in [1.807, 2.05) is 41.0 Å². The molecule has 2 aromatic carbocycles. The van der Waals surface area contributed by atoms with Crippen LogP contribution >= 0.6 is 0 Å². The number of fused-ring (bicyclic) bond motifs is 1. The Morgan fingerprint density at radius 2 is 1.58 bits per heavy atom. The molecule has 3 aromatic rings. The van der Waals surface area contributed by atoms with Gasteiger partial charge in [-0.1, -0.05) is 74.0 Å². The lowest BCUT2D eigenvalue weighted by atomic mass is 9.83. The highest BCUT2D eigenvalue weighted by Crippen LogP contribution is 2.40. The van der Waals surface area contributed by atoms with Crippen LogP contribution in [-0.2, 0) is 4.74 Å². The van der Waals surface area contributed by atoms with Crippen molar-refractivity contribution in [2.45, 2.75) is 31.7 Å². The Hall–Kier alpha value is -3.58. The number of hydrogen-bond acceptors (Lipinski definition) is 5. The molecule has 2 heterocycles. The Morgan fingerprint density at radius 3 is 2.14 bits per heavy atom. The zero-order valence-corrected chi connectivity index (χ0v) is 21.2. The third kappa shape index (κ3) is 5.16. The molecular weight excluding hydrogens is 456 g/mol. The predicted molar refractivity (Wildman–Crippen MR) is 139 cm³/mol. The lowest BCUT2D eigenvalue weighted by Crippen LogP contribution is -2.47. The first-order chi connectivity index (χ1) is 17.6. The zero-order chi connectivity index (χ0) is 25.5. The van der Waals surface area contributed by atoms with Gasteiger partial charge in [0, 0.05) is 26.1 Å². The number of unbranched alkanes of at least 4 members (excludes halogenated alkanes) is 1. The van der Waals surface area contributed by atoms with Gasteiger partial charge in [-0.05, 0) is 17.5 Å². The number of rotatable bonds is 11. The molecule has 0 saturated heterocycles. The van der Waals surface area contributed by atoms with E-state index in [0.717, 1.165) is 24.0 Å². The van der Waals surface area contributed by atoms with Gasteiger partial charge in [0.05, 0.1) is 32.6 Å². The van der Waals surface area contributed by atoms with Gasteiger partial charge in [0.2, 0.25) is 0 Å². The first kappa shape index (κ1) is 25.5. The minimum absolute atomic E-state index is 0.0554. The molecule has 1 amide bonds. The number of ether oxygens (including phenoxy) is 3. The number of amides is 1. The van der Waals surface area contributed by atoms with E-state index in [1.165, 1.54) is 7.11 Å². The maximum Gasteiger partial charge on any atom is 0.274 e. The predicted octanol–water partition coefficient (Wildman–Crippen LogP) is 4.51. The summed E-state index contributed by atoms with van der Waals surface area (Å²) in [6, 6.07) is 20.3. The SMILES string of the molecule is CCCCOc1c2n(cc(OC)c1=O)[C@@H](C(c1ccccc1)c1ccccc1)CN(CCOC)C2=O. The van der Waals surface area contributed by atoms with Crippen LogP contribution in [0.1, 0.15) is 53.3 Å². The number of pyridine rings is 1. The second-order valence-electron chi connectivity index (χ2n) is 8.92.